The minimum Gasteiger partial charge on any atom is -0.870 e. The van der Waals surface area contributed by atoms with E-state index in [0.29, 0.717) is 4.59 Å². The molecule has 0 bridgehead atoms. The standard InChI is InChI=1S/C3H11N2.2H2O/c1-5(2,3)4;;/h4H2,1-3H3;2*1H2/q+1;;/p-1. The molecule has 0 saturated carbocycles. The minimum atomic E-state index is 0. The summed E-state index contributed by atoms with van der Waals surface area (Å²) in [6, 6.07) is 0. The highest BCUT2D eigenvalue weighted by molar-refractivity contribution is 3.80. The molecule has 7 heavy (non-hydrogen) atoms. The van der Waals surface area contributed by atoms with Gasteiger partial charge in [-0.25, -0.2) is 0 Å². The summed E-state index contributed by atoms with van der Waals surface area (Å²) in [6.45, 7) is 0. The van der Waals surface area contributed by atoms with Gasteiger partial charge in [0, 0.05) is 0 Å². The molecule has 0 unspecified atom stereocenters. The lowest BCUT2D eigenvalue weighted by Gasteiger charge is -2.12. The van der Waals surface area contributed by atoms with Gasteiger partial charge in [-0.3, -0.25) is 4.59 Å². The number of hydrogen-bond donors (Lipinski definition) is 1. The van der Waals surface area contributed by atoms with Crippen LogP contribution in [0.2, 0.25) is 0 Å². The van der Waals surface area contributed by atoms with Gasteiger partial charge in [-0.1, -0.05) is 0 Å². The fraction of sp³-hybridized carbons (Fsp3) is 1.00. The Bertz CT molecular complexity index is 26.4. The molecule has 0 rings (SSSR count). The molecule has 0 fully saturated rings. The van der Waals surface area contributed by atoms with Crippen LogP contribution in [0.1, 0.15) is 0 Å². The molecule has 0 saturated heterocycles. The monoisotopic (exact) mass is 110 g/mol. The van der Waals surface area contributed by atoms with Crippen molar-refractivity contribution >= 4 is 0 Å². The largest absolute Gasteiger partial charge is 0.870 e. The lowest BCUT2D eigenvalue weighted by atomic mass is 10.9. The molecule has 0 aromatic heterocycles. The van der Waals surface area contributed by atoms with Gasteiger partial charge in [0.2, 0.25) is 0 Å². The van der Waals surface area contributed by atoms with Crippen LogP contribution in [0, 0.1) is 0 Å². The SMILES string of the molecule is C[N+](C)(C)N.O.[OH-]. The summed E-state index contributed by atoms with van der Waals surface area (Å²) in [5.74, 6) is 5.29. The second kappa shape index (κ2) is 4.01. The van der Waals surface area contributed by atoms with E-state index in [1.165, 1.54) is 0 Å². The highest BCUT2D eigenvalue weighted by Gasteiger charge is 1.89. The number of nitrogens with two attached hydrogens (primary N) is 1. The van der Waals surface area contributed by atoms with Crippen LogP contribution in [0.25, 0.3) is 0 Å². The summed E-state index contributed by atoms with van der Waals surface area (Å²) in [7, 11) is 5.71. The Labute approximate surface area is 43.7 Å². The molecule has 0 amide bonds. The van der Waals surface area contributed by atoms with Gasteiger partial charge >= 0.3 is 0 Å². The Morgan fingerprint density at radius 3 is 1.14 bits per heavy atom. The third-order valence-corrected chi connectivity index (χ3v) is 0. The number of quaternary nitrogens is 1. The maximum Gasteiger partial charge on any atom is 0.0851 e. The van der Waals surface area contributed by atoms with Gasteiger partial charge in [0.25, 0.3) is 0 Å². The van der Waals surface area contributed by atoms with Crippen molar-refractivity contribution in [2.45, 2.75) is 0 Å². The average molecular weight is 110 g/mol. The molecule has 48 valence electrons. The van der Waals surface area contributed by atoms with Gasteiger partial charge in [0.15, 0.2) is 0 Å². The van der Waals surface area contributed by atoms with Crippen LogP contribution in [0.4, 0.5) is 0 Å². The average Bonchev–Trinajstić information content (AvgIpc) is 0.722. The molecule has 0 aromatic carbocycles. The van der Waals surface area contributed by atoms with Crippen LogP contribution in [-0.4, -0.2) is 36.7 Å². The lowest BCUT2D eigenvalue weighted by Crippen LogP contribution is -2.41. The molecule has 0 aromatic rings. The number of hydrogen-bond acceptors (Lipinski definition) is 2. The summed E-state index contributed by atoms with van der Waals surface area (Å²) in [5, 5.41) is 0. The van der Waals surface area contributed by atoms with Gasteiger partial charge in [0.1, 0.15) is 0 Å². The highest BCUT2D eigenvalue weighted by atomic mass is 16.0. The molecular formula is C3H14N2O2. The molecule has 0 atom stereocenters. The highest BCUT2D eigenvalue weighted by Crippen LogP contribution is 1.65. The quantitative estimate of drug-likeness (QED) is 0.235. The van der Waals surface area contributed by atoms with Gasteiger partial charge in [-0.05, 0) is 0 Å². The maximum atomic E-state index is 5.29. The molecular weight excluding hydrogens is 96.0 g/mol. The smallest absolute Gasteiger partial charge is 0.0851 e. The second-order valence-corrected chi connectivity index (χ2v) is 2.12. The van der Waals surface area contributed by atoms with Crippen LogP contribution >= 0.6 is 0 Å². The fourth-order valence-corrected chi connectivity index (χ4v) is 0. The normalized spacial score (nSPS) is 8.57. The molecule has 5 N–H and O–H groups in total. The van der Waals surface area contributed by atoms with E-state index in [1.54, 1.807) is 0 Å². The van der Waals surface area contributed by atoms with Crippen LogP contribution in [0.3, 0.4) is 0 Å². The van der Waals surface area contributed by atoms with E-state index in [1.807, 2.05) is 21.1 Å². The van der Waals surface area contributed by atoms with Crippen molar-refractivity contribution in [3.63, 3.8) is 0 Å². The summed E-state index contributed by atoms with van der Waals surface area (Å²) >= 11 is 0. The van der Waals surface area contributed by atoms with E-state index in [0.717, 1.165) is 0 Å². The third-order valence-electron chi connectivity index (χ3n) is 0. The maximum absolute atomic E-state index is 5.29. The van der Waals surface area contributed by atoms with E-state index >= 15 is 0 Å². The van der Waals surface area contributed by atoms with Crippen LogP contribution in [0.15, 0.2) is 0 Å². The van der Waals surface area contributed by atoms with Crippen molar-refractivity contribution in [1.82, 2.24) is 0 Å². The van der Waals surface area contributed by atoms with Crippen molar-refractivity contribution in [3.05, 3.63) is 0 Å². The van der Waals surface area contributed by atoms with Crippen molar-refractivity contribution < 1.29 is 15.5 Å². The minimum absolute atomic E-state index is 0. The van der Waals surface area contributed by atoms with Crippen LogP contribution in [0.5, 0.6) is 0 Å². The predicted molar refractivity (Wildman–Crippen MR) is 27.8 cm³/mol. The number of nitrogens with zero attached hydrogens (tertiary/aromatic N) is 1. The Morgan fingerprint density at radius 2 is 1.14 bits per heavy atom. The zero-order chi connectivity index (χ0) is 4.50. The molecule has 0 aliphatic heterocycles. The van der Waals surface area contributed by atoms with E-state index in [-0.39, 0.29) is 11.0 Å². The first-order valence-electron chi connectivity index (χ1n) is 1.60. The third kappa shape index (κ3) is 3360. The first-order chi connectivity index (χ1) is 2.00. The topological polar surface area (TPSA) is 87.5 Å². The Balaban J connectivity index is -0.0000000800. The first kappa shape index (κ1) is 15.8. The molecule has 4 nitrogen and oxygen atoms in total. The predicted octanol–water partition coefficient (Wildman–Crippen LogP) is -1.44. The van der Waals surface area contributed by atoms with E-state index in [4.69, 9.17) is 5.84 Å². The summed E-state index contributed by atoms with van der Waals surface area (Å²) in [4.78, 5) is 0. The molecule has 0 aliphatic carbocycles. The summed E-state index contributed by atoms with van der Waals surface area (Å²) in [6.07, 6.45) is 0. The lowest BCUT2D eigenvalue weighted by molar-refractivity contribution is -0.882. The zero-order valence-electron chi connectivity index (χ0n) is 4.97. The second-order valence-electron chi connectivity index (χ2n) is 2.12. The molecule has 0 aliphatic rings. The van der Waals surface area contributed by atoms with Gasteiger partial charge in [0.05, 0.1) is 21.1 Å². The molecule has 0 heterocycles. The van der Waals surface area contributed by atoms with Gasteiger partial charge < -0.3 is 11.0 Å². The number of rotatable bonds is 0. The van der Waals surface area contributed by atoms with Crippen LogP contribution in [-0.2, 0) is 0 Å². The van der Waals surface area contributed by atoms with Crippen molar-refractivity contribution in [1.29, 1.82) is 0 Å². The Kier molecular flexibility index (Phi) is 9.07. The van der Waals surface area contributed by atoms with E-state index < -0.39 is 0 Å². The van der Waals surface area contributed by atoms with Crippen molar-refractivity contribution in [2.75, 3.05) is 21.1 Å². The van der Waals surface area contributed by atoms with Crippen LogP contribution < -0.4 is 5.84 Å². The van der Waals surface area contributed by atoms with Crippen molar-refractivity contribution in [2.24, 2.45) is 5.84 Å². The first-order valence-corrected chi connectivity index (χ1v) is 1.60. The fourth-order valence-electron chi connectivity index (χ4n) is 0. The molecule has 0 radical (unpaired) electrons. The van der Waals surface area contributed by atoms with E-state index in [9.17, 15) is 0 Å². The van der Waals surface area contributed by atoms with Gasteiger partial charge in [-0.2, -0.15) is 5.84 Å². The summed E-state index contributed by atoms with van der Waals surface area (Å²) in [5.41, 5.74) is 0. The summed E-state index contributed by atoms with van der Waals surface area (Å²) < 4.78 is 0.500. The van der Waals surface area contributed by atoms with E-state index in [2.05, 4.69) is 0 Å². The Morgan fingerprint density at radius 1 is 1.14 bits per heavy atom. The van der Waals surface area contributed by atoms with Gasteiger partial charge in [-0.15, -0.1) is 0 Å². The van der Waals surface area contributed by atoms with Crippen molar-refractivity contribution in [3.8, 4) is 0 Å². The molecule has 4 heteroatoms. The zero-order valence-corrected chi connectivity index (χ0v) is 4.97. The Hall–Kier alpha value is -0.160. The molecule has 0 spiro atoms.